The molecule has 0 unspecified atom stereocenters. The van der Waals surface area contributed by atoms with E-state index in [1.807, 2.05) is 35.2 Å². The summed E-state index contributed by atoms with van der Waals surface area (Å²) in [7, 11) is 0. The number of benzene rings is 2. The predicted molar refractivity (Wildman–Crippen MR) is 97.1 cm³/mol. The molecule has 2 aromatic carbocycles. The van der Waals surface area contributed by atoms with Gasteiger partial charge in [0.05, 0.1) is 5.56 Å². The maximum absolute atomic E-state index is 12.9. The van der Waals surface area contributed by atoms with E-state index in [4.69, 9.17) is 0 Å². The highest BCUT2D eigenvalue weighted by Crippen LogP contribution is 2.31. The number of alkyl halides is 3. The summed E-state index contributed by atoms with van der Waals surface area (Å²) < 4.78 is 38.7. The molecule has 7 heteroatoms. The maximum atomic E-state index is 12.9. The van der Waals surface area contributed by atoms with Crippen LogP contribution in [0.1, 0.15) is 11.1 Å². The van der Waals surface area contributed by atoms with Crippen molar-refractivity contribution in [2.24, 2.45) is 0 Å². The van der Waals surface area contributed by atoms with E-state index in [9.17, 15) is 18.0 Å². The Balaban J connectivity index is 1.58. The molecule has 144 valence electrons. The highest BCUT2D eigenvalue weighted by Gasteiger charge is 2.32. The highest BCUT2D eigenvalue weighted by atomic mass is 19.4. The third kappa shape index (κ3) is 4.80. The third-order valence-corrected chi connectivity index (χ3v) is 4.80. The minimum atomic E-state index is -4.35. The largest absolute Gasteiger partial charge is 0.416 e. The first-order chi connectivity index (χ1) is 12.8. The summed E-state index contributed by atoms with van der Waals surface area (Å²) in [5.74, 6) is -0.0115. The average molecular weight is 378 g/mol. The van der Waals surface area contributed by atoms with E-state index in [-0.39, 0.29) is 11.9 Å². The third-order valence-electron chi connectivity index (χ3n) is 4.80. The number of amides is 1. The molecule has 1 aliphatic rings. The van der Waals surface area contributed by atoms with Crippen LogP contribution in [0.5, 0.6) is 0 Å². The van der Waals surface area contributed by atoms with Crippen LogP contribution in [0.4, 0.5) is 18.9 Å². The molecule has 3 N–H and O–H groups in total. The van der Waals surface area contributed by atoms with Crippen LogP contribution in [0.25, 0.3) is 0 Å². The quantitative estimate of drug-likeness (QED) is 0.887. The van der Waals surface area contributed by atoms with E-state index in [0.29, 0.717) is 38.3 Å². The number of anilines is 1. The average Bonchev–Trinajstić information content (AvgIpc) is 2.68. The minimum absolute atomic E-state index is 0.0115. The second-order valence-corrected chi connectivity index (χ2v) is 6.75. The van der Waals surface area contributed by atoms with Gasteiger partial charge in [0.1, 0.15) is 0 Å². The molecule has 1 fully saturated rings. The molecule has 0 aliphatic carbocycles. The van der Waals surface area contributed by atoms with Crippen molar-refractivity contribution < 1.29 is 23.7 Å². The van der Waals surface area contributed by atoms with Crippen molar-refractivity contribution in [1.82, 2.24) is 4.90 Å². The summed E-state index contributed by atoms with van der Waals surface area (Å²) in [5.41, 5.74) is 4.94. The fraction of sp³-hybridized carbons (Fsp3) is 0.350. The summed E-state index contributed by atoms with van der Waals surface area (Å²) in [5, 5.41) is 0. The van der Waals surface area contributed by atoms with Crippen molar-refractivity contribution in [3.63, 3.8) is 0 Å². The smallest absolute Gasteiger partial charge is 0.368 e. The normalized spacial score (nSPS) is 16.3. The Morgan fingerprint density at radius 2 is 1.67 bits per heavy atom. The number of quaternary nitrogens is 1. The van der Waals surface area contributed by atoms with Gasteiger partial charge in [-0.05, 0) is 23.8 Å². The van der Waals surface area contributed by atoms with Crippen LogP contribution in [0.3, 0.4) is 0 Å². The molecule has 0 spiro atoms. The molecule has 3 rings (SSSR count). The zero-order chi connectivity index (χ0) is 19.4. The van der Waals surface area contributed by atoms with Gasteiger partial charge in [-0.3, -0.25) is 4.79 Å². The molecule has 27 heavy (non-hydrogen) atoms. The second kappa shape index (κ2) is 8.00. The summed E-state index contributed by atoms with van der Waals surface area (Å²) in [4.78, 5) is 16.3. The van der Waals surface area contributed by atoms with Crippen molar-refractivity contribution in [3.8, 4) is 0 Å². The Labute approximate surface area is 156 Å². The highest BCUT2D eigenvalue weighted by molar-refractivity contribution is 5.81. The molecule has 0 saturated carbocycles. The molecule has 1 amide bonds. The van der Waals surface area contributed by atoms with Crippen molar-refractivity contribution in [2.45, 2.75) is 18.6 Å². The minimum Gasteiger partial charge on any atom is -0.368 e. The van der Waals surface area contributed by atoms with Crippen LogP contribution < -0.4 is 10.6 Å². The number of hydrogen-bond acceptors (Lipinski definition) is 2. The fourth-order valence-electron chi connectivity index (χ4n) is 3.31. The lowest BCUT2D eigenvalue weighted by Crippen LogP contribution is -2.70. The molecule has 0 bridgehead atoms. The van der Waals surface area contributed by atoms with Crippen LogP contribution in [0, 0.1) is 0 Å². The topological polar surface area (TPSA) is 51.2 Å². The van der Waals surface area contributed by atoms with Gasteiger partial charge >= 0.3 is 6.18 Å². The monoisotopic (exact) mass is 378 g/mol. The second-order valence-electron chi connectivity index (χ2n) is 6.75. The Morgan fingerprint density at radius 1 is 1.00 bits per heavy atom. The van der Waals surface area contributed by atoms with E-state index < -0.39 is 11.7 Å². The molecule has 1 atom stereocenters. The SMILES string of the molecule is [NH3+][C@H](Cc1ccccc1)C(=O)N1CCN(c2cccc(C(F)(F)F)c2)CC1. The molecular weight excluding hydrogens is 355 g/mol. The number of nitrogens with zero attached hydrogens (tertiary/aromatic N) is 2. The van der Waals surface area contributed by atoms with Gasteiger partial charge < -0.3 is 15.5 Å². The van der Waals surface area contributed by atoms with Gasteiger partial charge in [0.2, 0.25) is 0 Å². The van der Waals surface area contributed by atoms with Gasteiger partial charge in [-0.2, -0.15) is 13.2 Å². The summed E-state index contributed by atoms with van der Waals surface area (Å²) >= 11 is 0. The van der Waals surface area contributed by atoms with E-state index in [2.05, 4.69) is 5.73 Å². The number of piperazine rings is 1. The van der Waals surface area contributed by atoms with Crippen LogP contribution in [-0.2, 0) is 17.4 Å². The molecule has 1 aliphatic heterocycles. The van der Waals surface area contributed by atoms with E-state index in [0.717, 1.165) is 17.7 Å². The number of halogens is 3. The summed E-state index contributed by atoms with van der Waals surface area (Å²) in [6, 6.07) is 14.7. The number of carbonyl (C=O) groups is 1. The molecule has 0 radical (unpaired) electrons. The molecule has 2 aromatic rings. The fourth-order valence-corrected chi connectivity index (χ4v) is 3.31. The molecular formula is C20H23F3N3O+. The van der Waals surface area contributed by atoms with Crippen LogP contribution in [-0.4, -0.2) is 43.0 Å². The lowest BCUT2D eigenvalue weighted by molar-refractivity contribution is -0.405. The molecule has 0 aromatic heterocycles. The first kappa shape index (κ1) is 19.2. The van der Waals surface area contributed by atoms with Crippen LogP contribution in [0.15, 0.2) is 54.6 Å². The van der Waals surface area contributed by atoms with Crippen molar-refractivity contribution >= 4 is 11.6 Å². The lowest BCUT2D eigenvalue weighted by Gasteiger charge is -2.36. The van der Waals surface area contributed by atoms with Crippen molar-refractivity contribution in [2.75, 3.05) is 31.1 Å². The standard InChI is InChI=1S/C20H22F3N3O/c21-20(22,23)16-7-4-8-17(14-16)25-9-11-26(12-10-25)19(27)18(24)13-15-5-2-1-3-6-15/h1-8,14,18H,9-13,24H2/p+1/t18-/m1/s1. The van der Waals surface area contributed by atoms with E-state index >= 15 is 0 Å². The number of carbonyl (C=O) groups excluding carboxylic acids is 1. The van der Waals surface area contributed by atoms with Gasteiger partial charge in [0, 0.05) is 38.3 Å². The van der Waals surface area contributed by atoms with Gasteiger partial charge in [-0.1, -0.05) is 36.4 Å². The zero-order valence-electron chi connectivity index (χ0n) is 15.0. The predicted octanol–water partition coefficient (Wildman–Crippen LogP) is 2.21. The van der Waals surface area contributed by atoms with Crippen molar-refractivity contribution in [1.29, 1.82) is 0 Å². The molecule has 1 saturated heterocycles. The van der Waals surface area contributed by atoms with Crippen LogP contribution >= 0.6 is 0 Å². The lowest BCUT2D eigenvalue weighted by atomic mass is 10.1. The van der Waals surface area contributed by atoms with Crippen molar-refractivity contribution in [3.05, 3.63) is 65.7 Å². The Hall–Kier alpha value is -2.54. The Kier molecular flexibility index (Phi) is 5.70. The Bertz CT molecular complexity index is 772. The van der Waals surface area contributed by atoms with Gasteiger partial charge in [0.25, 0.3) is 5.91 Å². The maximum Gasteiger partial charge on any atom is 0.416 e. The van der Waals surface area contributed by atoms with Crippen LogP contribution in [0.2, 0.25) is 0 Å². The zero-order valence-corrected chi connectivity index (χ0v) is 15.0. The first-order valence-electron chi connectivity index (χ1n) is 8.92. The first-order valence-corrected chi connectivity index (χ1v) is 8.92. The molecule has 4 nitrogen and oxygen atoms in total. The number of rotatable bonds is 4. The van der Waals surface area contributed by atoms with Gasteiger partial charge in [0.15, 0.2) is 6.04 Å². The van der Waals surface area contributed by atoms with E-state index in [1.54, 1.807) is 11.0 Å². The molecule has 1 heterocycles. The van der Waals surface area contributed by atoms with E-state index in [1.165, 1.54) is 6.07 Å². The number of hydrogen-bond donors (Lipinski definition) is 1. The van der Waals surface area contributed by atoms with Gasteiger partial charge in [-0.15, -0.1) is 0 Å². The summed E-state index contributed by atoms with van der Waals surface area (Å²) in [6.45, 7) is 1.97. The van der Waals surface area contributed by atoms with Gasteiger partial charge in [-0.25, -0.2) is 0 Å². The Morgan fingerprint density at radius 3 is 2.30 bits per heavy atom. The summed E-state index contributed by atoms with van der Waals surface area (Å²) in [6.07, 6.45) is -3.78.